The Kier molecular flexibility index (Phi) is 5.04. The lowest BCUT2D eigenvalue weighted by molar-refractivity contribution is -0.123. The van der Waals surface area contributed by atoms with Crippen LogP contribution in [0.1, 0.15) is 24.8 Å². The lowest BCUT2D eigenvalue weighted by Crippen LogP contribution is -2.47. The number of nitrogens with one attached hydrogen (secondary N) is 2. The highest BCUT2D eigenvalue weighted by Crippen LogP contribution is 2.31. The normalized spacial score (nSPS) is 30.3. The Labute approximate surface area is 152 Å². The van der Waals surface area contributed by atoms with Gasteiger partial charge in [0.2, 0.25) is 11.8 Å². The molecule has 2 aliphatic heterocycles. The molecule has 0 spiro atoms. The highest BCUT2D eigenvalue weighted by Gasteiger charge is 2.49. The van der Waals surface area contributed by atoms with E-state index >= 15 is 0 Å². The highest BCUT2D eigenvalue weighted by molar-refractivity contribution is 5.81. The molecule has 0 aromatic heterocycles. The standard InChI is InChI=1S/C20H24N2O4/c23-17(8-4-7-13-5-2-1-3-6-13)21-15-11-25-19-16(12-26-18(15)19)22-20(24)14-9-10-14/h1-7,14-16,18-19H,8-12H2,(H,21,23)(H,22,24)/b7-4+. The van der Waals surface area contributed by atoms with Crippen LogP contribution in [0.2, 0.25) is 0 Å². The van der Waals surface area contributed by atoms with Gasteiger partial charge in [0, 0.05) is 12.3 Å². The molecular weight excluding hydrogens is 332 g/mol. The van der Waals surface area contributed by atoms with Crippen LogP contribution >= 0.6 is 0 Å². The van der Waals surface area contributed by atoms with Crippen molar-refractivity contribution >= 4 is 17.9 Å². The predicted molar refractivity (Wildman–Crippen MR) is 96.2 cm³/mol. The van der Waals surface area contributed by atoms with Gasteiger partial charge in [-0.2, -0.15) is 0 Å². The number of fused-ring (bicyclic) bond motifs is 1. The van der Waals surface area contributed by atoms with E-state index in [9.17, 15) is 9.59 Å². The summed E-state index contributed by atoms with van der Waals surface area (Å²) in [6, 6.07) is 9.59. The number of carbonyl (C=O) groups is 2. The maximum atomic E-state index is 12.2. The molecule has 1 saturated carbocycles. The summed E-state index contributed by atoms with van der Waals surface area (Å²) in [7, 11) is 0. The van der Waals surface area contributed by atoms with Crippen molar-refractivity contribution in [2.45, 2.75) is 43.6 Å². The fourth-order valence-electron chi connectivity index (χ4n) is 3.52. The Morgan fingerprint density at radius 1 is 1.00 bits per heavy atom. The molecule has 0 radical (unpaired) electrons. The third-order valence-corrected chi connectivity index (χ3v) is 5.09. The minimum absolute atomic E-state index is 0.0551. The molecule has 4 atom stereocenters. The van der Waals surface area contributed by atoms with Crippen molar-refractivity contribution in [3.8, 4) is 0 Å². The van der Waals surface area contributed by atoms with Crippen molar-refractivity contribution in [2.75, 3.05) is 13.2 Å². The number of rotatable bonds is 6. The van der Waals surface area contributed by atoms with E-state index in [1.165, 1.54) is 0 Å². The smallest absolute Gasteiger partial charge is 0.224 e. The molecule has 2 N–H and O–H groups in total. The van der Waals surface area contributed by atoms with Gasteiger partial charge >= 0.3 is 0 Å². The summed E-state index contributed by atoms with van der Waals surface area (Å²) in [5.74, 6) is 0.212. The Morgan fingerprint density at radius 3 is 2.31 bits per heavy atom. The first-order chi connectivity index (χ1) is 12.7. The van der Waals surface area contributed by atoms with Gasteiger partial charge in [0.25, 0.3) is 0 Å². The van der Waals surface area contributed by atoms with E-state index < -0.39 is 0 Å². The van der Waals surface area contributed by atoms with Crippen molar-refractivity contribution in [1.82, 2.24) is 10.6 Å². The van der Waals surface area contributed by atoms with Gasteiger partial charge in [0.05, 0.1) is 25.3 Å². The molecule has 1 aliphatic carbocycles. The lowest BCUT2D eigenvalue weighted by atomic mass is 10.1. The molecule has 138 valence electrons. The second-order valence-electron chi connectivity index (χ2n) is 7.18. The quantitative estimate of drug-likeness (QED) is 0.805. The van der Waals surface area contributed by atoms with Crippen LogP contribution in [0.4, 0.5) is 0 Å². The van der Waals surface area contributed by atoms with Crippen molar-refractivity contribution < 1.29 is 19.1 Å². The maximum Gasteiger partial charge on any atom is 0.224 e. The van der Waals surface area contributed by atoms with Crippen molar-refractivity contribution in [3.05, 3.63) is 42.0 Å². The van der Waals surface area contributed by atoms with E-state index in [-0.39, 0.29) is 42.0 Å². The van der Waals surface area contributed by atoms with Gasteiger partial charge in [-0.3, -0.25) is 9.59 Å². The van der Waals surface area contributed by atoms with Gasteiger partial charge in [-0.15, -0.1) is 0 Å². The van der Waals surface area contributed by atoms with Gasteiger partial charge in [0.15, 0.2) is 0 Å². The van der Waals surface area contributed by atoms with E-state index in [1.54, 1.807) is 0 Å². The fourth-order valence-corrected chi connectivity index (χ4v) is 3.52. The molecule has 26 heavy (non-hydrogen) atoms. The summed E-state index contributed by atoms with van der Waals surface area (Å²) in [5.41, 5.74) is 1.07. The molecule has 3 fully saturated rings. The van der Waals surface area contributed by atoms with E-state index in [2.05, 4.69) is 10.6 Å². The summed E-state index contributed by atoms with van der Waals surface area (Å²) in [6.07, 6.45) is 5.68. The van der Waals surface area contributed by atoms with E-state index in [0.29, 0.717) is 19.6 Å². The van der Waals surface area contributed by atoms with Gasteiger partial charge in [-0.1, -0.05) is 42.5 Å². The van der Waals surface area contributed by atoms with Crippen LogP contribution in [0.3, 0.4) is 0 Å². The topological polar surface area (TPSA) is 76.7 Å². The number of carbonyl (C=O) groups excluding carboxylic acids is 2. The van der Waals surface area contributed by atoms with Crippen LogP contribution in [0.15, 0.2) is 36.4 Å². The molecule has 1 aromatic carbocycles. The van der Waals surface area contributed by atoms with E-state index in [1.807, 2.05) is 42.5 Å². The van der Waals surface area contributed by atoms with Crippen LogP contribution in [-0.2, 0) is 19.1 Å². The number of hydrogen-bond donors (Lipinski definition) is 2. The van der Waals surface area contributed by atoms with Crippen molar-refractivity contribution in [1.29, 1.82) is 0 Å². The average molecular weight is 356 g/mol. The summed E-state index contributed by atoms with van der Waals surface area (Å²) in [6.45, 7) is 0.855. The zero-order chi connectivity index (χ0) is 17.9. The summed E-state index contributed by atoms with van der Waals surface area (Å²) < 4.78 is 11.6. The highest BCUT2D eigenvalue weighted by atomic mass is 16.6. The Hall–Kier alpha value is -2.18. The first kappa shape index (κ1) is 17.2. The molecule has 6 heteroatoms. The Bertz CT molecular complexity index is 686. The first-order valence-corrected chi connectivity index (χ1v) is 9.25. The molecule has 1 aromatic rings. The largest absolute Gasteiger partial charge is 0.371 e. The van der Waals surface area contributed by atoms with Crippen molar-refractivity contribution in [3.63, 3.8) is 0 Å². The second-order valence-corrected chi connectivity index (χ2v) is 7.18. The molecule has 2 saturated heterocycles. The Balaban J connectivity index is 1.25. The SMILES string of the molecule is O=C(C/C=C/c1ccccc1)NC1COC2C(NC(=O)C3CC3)COC12. The van der Waals surface area contributed by atoms with E-state index in [0.717, 1.165) is 18.4 Å². The number of ether oxygens (including phenoxy) is 2. The summed E-state index contributed by atoms with van der Waals surface area (Å²) in [4.78, 5) is 24.1. The average Bonchev–Trinajstić information content (AvgIpc) is 3.32. The predicted octanol–water partition coefficient (Wildman–Crippen LogP) is 1.27. The zero-order valence-electron chi connectivity index (χ0n) is 14.6. The molecular formula is C20H24N2O4. The first-order valence-electron chi connectivity index (χ1n) is 9.25. The van der Waals surface area contributed by atoms with Crippen LogP contribution < -0.4 is 10.6 Å². The van der Waals surface area contributed by atoms with Gasteiger partial charge < -0.3 is 20.1 Å². The summed E-state index contributed by atoms with van der Waals surface area (Å²) >= 11 is 0. The van der Waals surface area contributed by atoms with Crippen LogP contribution in [0, 0.1) is 5.92 Å². The molecule has 3 aliphatic rings. The molecule has 2 heterocycles. The molecule has 6 nitrogen and oxygen atoms in total. The van der Waals surface area contributed by atoms with Gasteiger partial charge in [-0.25, -0.2) is 0 Å². The van der Waals surface area contributed by atoms with Crippen LogP contribution in [-0.4, -0.2) is 49.3 Å². The Morgan fingerprint density at radius 2 is 1.65 bits per heavy atom. The minimum atomic E-state index is -0.193. The van der Waals surface area contributed by atoms with Crippen molar-refractivity contribution in [2.24, 2.45) is 5.92 Å². The third kappa shape index (κ3) is 3.97. The zero-order valence-corrected chi connectivity index (χ0v) is 14.6. The monoisotopic (exact) mass is 356 g/mol. The lowest BCUT2D eigenvalue weighted by Gasteiger charge is -2.18. The molecule has 2 amide bonds. The number of amides is 2. The molecule has 0 bridgehead atoms. The molecule has 4 unspecified atom stereocenters. The van der Waals surface area contributed by atoms with Gasteiger partial charge in [0.1, 0.15) is 12.2 Å². The minimum Gasteiger partial charge on any atom is -0.371 e. The summed E-state index contributed by atoms with van der Waals surface area (Å²) in [5, 5.41) is 6.02. The number of benzene rings is 1. The van der Waals surface area contributed by atoms with E-state index in [4.69, 9.17) is 9.47 Å². The van der Waals surface area contributed by atoms with Crippen LogP contribution in [0.5, 0.6) is 0 Å². The number of hydrogen-bond acceptors (Lipinski definition) is 4. The molecule has 4 rings (SSSR count). The van der Waals surface area contributed by atoms with Crippen LogP contribution in [0.25, 0.3) is 6.08 Å². The second kappa shape index (κ2) is 7.60. The van der Waals surface area contributed by atoms with Gasteiger partial charge in [-0.05, 0) is 18.4 Å². The fraction of sp³-hybridized carbons (Fsp3) is 0.500. The third-order valence-electron chi connectivity index (χ3n) is 5.09. The maximum absolute atomic E-state index is 12.2.